The topological polar surface area (TPSA) is 63.8 Å². The molecule has 21 heavy (non-hydrogen) atoms. The lowest BCUT2D eigenvalue weighted by Crippen LogP contribution is -1.98. The Balaban J connectivity index is 2.07. The SMILES string of the molecule is Nc1cc2c(Nc3ccc(Cl)c(F)c3)ncnc2cc1F. The Morgan fingerprint density at radius 1 is 1.05 bits per heavy atom. The fourth-order valence-corrected chi connectivity index (χ4v) is 2.02. The number of rotatable bonds is 2. The number of fused-ring (bicyclic) bond motifs is 1. The highest BCUT2D eigenvalue weighted by molar-refractivity contribution is 6.30. The van der Waals surface area contributed by atoms with Crippen molar-refractivity contribution in [3.05, 3.63) is 53.3 Å². The molecule has 7 heteroatoms. The van der Waals surface area contributed by atoms with Crippen molar-refractivity contribution >= 4 is 39.7 Å². The van der Waals surface area contributed by atoms with Gasteiger partial charge in [0.1, 0.15) is 23.8 Å². The minimum Gasteiger partial charge on any atom is -0.396 e. The summed E-state index contributed by atoms with van der Waals surface area (Å²) in [4.78, 5) is 8.04. The van der Waals surface area contributed by atoms with Gasteiger partial charge in [0.15, 0.2) is 0 Å². The van der Waals surface area contributed by atoms with Gasteiger partial charge in [0.25, 0.3) is 0 Å². The summed E-state index contributed by atoms with van der Waals surface area (Å²) in [6, 6.07) is 6.92. The maximum atomic E-state index is 13.4. The standard InChI is InChI=1S/C14H9ClF2N4/c15-9-2-1-7(3-10(9)16)21-14-8-4-12(18)11(17)5-13(8)19-6-20-14/h1-6H,18H2,(H,19,20,21). The average Bonchev–Trinajstić information content (AvgIpc) is 2.45. The second-order valence-electron chi connectivity index (χ2n) is 4.37. The molecule has 0 amide bonds. The van der Waals surface area contributed by atoms with Gasteiger partial charge < -0.3 is 11.1 Å². The summed E-state index contributed by atoms with van der Waals surface area (Å²) in [5, 5.41) is 3.50. The first-order valence-electron chi connectivity index (χ1n) is 5.96. The van der Waals surface area contributed by atoms with Crippen molar-refractivity contribution in [1.29, 1.82) is 0 Å². The highest BCUT2D eigenvalue weighted by Crippen LogP contribution is 2.27. The third kappa shape index (κ3) is 2.57. The van der Waals surface area contributed by atoms with E-state index in [1.165, 1.54) is 30.6 Å². The fourth-order valence-electron chi connectivity index (χ4n) is 1.90. The molecule has 0 bridgehead atoms. The number of nitrogens with one attached hydrogen (secondary N) is 1. The Hall–Kier alpha value is -2.47. The number of nitrogens with zero attached hydrogens (tertiary/aromatic N) is 2. The van der Waals surface area contributed by atoms with Crippen molar-refractivity contribution in [1.82, 2.24) is 9.97 Å². The summed E-state index contributed by atoms with van der Waals surface area (Å²) in [6.45, 7) is 0. The van der Waals surface area contributed by atoms with Crippen LogP contribution in [0.3, 0.4) is 0 Å². The van der Waals surface area contributed by atoms with Crippen molar-refractivity contribution in [2.45, 2.75) is 0 Å². The van der Waals surface area contributed by atoms with E-state index in [0.29, 0.717) is 22.4 Å². The molecule has 0 atom stereocenters. The van der Waals surface area contributed by atoms with E-state index < -0.39 is 11.6 Å². The molecule has 2 aromatic carbocycles. The number of hydrogen-bond donors (Lipinski definition) is 2. The number of anilines is 3. The normalized spacial score (nSPS) is 10.8. The van der Waals surface area contributed by atoms with Crippen LogP contribution in [0.2, 0.25) is 5.02 Å². The zero-order valence-electron chi connectivity index (χ0n) is 10.6. The van der Waals surface area contributed by atoms with Gasteiger partial charge in [-0.25, -0.2) is 18.7 Å². The Labute approximate surface area is 123 Å². The first-order chi connectivity index (χ1) is 10.0. The summed E-state index contributed by atoms with van der Waals surface area (Å²) in [5.41, 5.74) is 6.40. The monoisotopic (exact) mass is 306 g/mol. The zero-order valence-corrected chi connectivity index (χ0v) is 11.3. The van der Waals surface area contributed by atoms with Crippen LogP contribution in [0.5, 0.6) is 0 Å². The van der Waals surface area contributed by atoms with E-state index >= 15 is 0 Å². The van der Waals surface area contributed by atoms with Crippen molar-refractivity contribution in [3.63, 3.8) is 0 Å². The Morgan fingerprint density at radius 3 is 2.62 bits per heavy atom. The highest BCUT2D eigenvalue weighted by Gasteiger charge is 2.09. The Kier molecular flexibility index (Phi) is 3.31. The molecule has 0 unspecified atom stereocenters. The van der Waals surface area contributed by atoms with Crippen LogP contribution in [-0.2, 0) is 0 Å². The van der Waals surface area contributed by atoms with Gasteiger partial charge in [0, 0.05) is 17.1 Å². The number of nitrogen functional groups attached to an aromatic ring is 1. The second kappa shape index (κ2) is 5.14. The van der Waals surface area contributed by atoms with Crippen molar-refractivity contribution in [2.24, 2.45) is 0 Å². The van der Waals surface area contributed by atoms with Gasteiger partial charge >= 0.3 is 0 Å². The molecular weight excluding hydrogens is 298 g/mol. The molecule has 0 aliphatic heterocycles. The van der Waals surface area contributed by atoms with Gasteiger partial charge in [-0.2, -0.15) is 0 Å². The second-order valence-corrected chi connectivity index (χ2v) is 4.77. The molecule has 0 radical (unpaired) electrons. The smallest absolute Gasteiger partial charge is 0.148 e. The molecule has 3 rings (SSSR count). The van der Waals surface area contributed by atoms with E-state index in [4.69, 9.17) is 17.3 Å². The fraction of sp³-hybridized carbons (Fsp3) is 0. The molecular formula is C14H9ClF2N4. The van der Waals surface area contributed by atoms with Crippen LogP contribution in [0.15, 0.2) is 36.7 Å². The van der Waals surface area contributed by atoms with Crippen LogP contribution in [-0.4, -0.2) is 9.97 Å². The summed E-state index contributed by atoms with van der Waals surface area (Å²) < 4.78 is 26.9. The molecule has 1 heterocycles. The van der Waals surface area contributed by atoms with Gasteiger partial charge in [-0.1, -0.05) is 11.6 Å². The number of hydrogen-bond acceptors (Lipinski definition) is 4. The van der Waals surface area contributed by atoms with Crippen LogP contribution < -0.4 is 11.1 Å². The molecule has 0 aliphatic carbocycles. The van der Waals surface area contributed by atoms with Crippen molar-refractivity contribution < 1.29 is 8.78 Å². The number of aromatic nitrogens is 2. The molecule has 0 saturated heterocycles. The first kappa shape index (κ1) is 13.5. The van der Waals surface area contributed by atoms with Crippen LogP contribution in [0.1, 0.15) is 0 Å². The summed E-state index contributed by atoms with van der Waals surface area (Å²) in [5.74, 6) is -0.705. The average molecular weight is 307 g/mol. The summed E-state index contributed by atoms with van der Waals surface area (Å²) in [7, 11) is 0. The van der Waals surface area contributed by atoms with Crippen LogP contribution in [0, 0.1) is 11.6 Å². The van der Waals surface area contributed by atoms with E-state index in [-0.39, 0.29) is 10.7 Å². The third-order valence-corrected chi connectivity index (χ3v) is 3.24. The molecule has 4 nitrogen and oxygen atoms in total. The molecule has 3 aromatic rings. The van der Waals surface area contributed by atoms with E-state index in [1.54, 1.807) is 6.07 Å². The third-order valence-electron chi connectivity index (χ3n) is 2.94. The van der Waals surface area contributed by atoms with Gasteiger partial charge in [-0.3, -0.25) is 0 Å². The van der Waals surface area contributed by atoms with E-state index in [0.717, 1.165) is 0 Å². The number of halogens is 3. The lowest BCUT2D eigenvalue weighted by Gasteiger charge is -2.09. The van der Waals surface area contributed by atoms with E-state index in [2.05, 4.69) is 15.3 Å². The van der Waals surface area contributed by atoms with Crippen LogP contribution in [0.25, 0.3) is 10.9 Å². The molecule has 3 N–H and O–H groups in total. The molecule has 0 saturated carbocycles. The number of benzene rings is 2. The van der Waals surface area contributed by atoms with Crippen LogP contribution in [0.4, 0.5) is 26.0 Å². The Morgan fingerprint density at radius 2 is 1.86 bits per heavy atom. The van der Waals surface area contributed by atoms with Crippen molar-refractivity contribution in [3.8, 4) is 0 Å². The minimum absolute atomic E-state index is 0.0114. The molecule has 1 aromatic heterocycles. The van der Waals surface area contributed by atoms with Gasteiger partial charge in [0.2, 0.25) is 0 Å². The van der Waals surface area contributed by atoms with E-state index in [9.17, 15) is 8.78 Å². The molecule has 0 spiro atoms. The van der Waals surface area contributed by atoms with E-state index in [1.807, 2.05) is 0 Å². The molecule has 0 fully saturated rings. The lowest BCUT2D eigenvalue weighted by molar-refractivity contribution is 0.629. The predicted molar refractivity (Wildman–Crippen MR) is 78.6 cm³/mol. The van der Waals surface area contributed by atoms with Gasteiger partial charge in [-0.05, 0) is 24.3 Å². The summed E-state index contributed by atoms with van der Waals surface area (Å²) in [6.07, 6.45) is 1.28. The zero-order chi connectivity index (χ0) is 15.0. The largest absolute Gasteiger partial charge is 0.396 e. The van der Waals surface area contributed by atoms with Crippen LogP contribution >= 0.6 is 11.6 Å². The maximum absolute atomic E-state index is 13.4. The highest BCUT2D eigenvalue weighted by atomic mass is 35.5. The predicted octanol–water partition coefficient (Wildman–Crippen LogP) is 3.89. The summed E-state index contributed by atoms with van der Waals surface area (Å²) >= 11 is 5.63. The maximum Gasteiger partial charge on any atom is 0.148 e. The number of nitrogens with two attached hydrogens (primary N) is 1. The first-order valence-corrected chi connectivity index (χ1v) is 6.34. The molecule has 106 valence electrons. The quantitative estimate of drug-likeness (QED) is 0.705. The van der Waals surface area contributed by atoms with Gasteiger partial charge in [-0.15, -0.1) is 0 Å². The van der Waals surface area contributed by atoms with Gasteiger partial charge in [0.05, 0.1) is 16.2 Å². The molecule has 0 aliphatic rings. The minimum atomic E-state index is -0.551. The Bertz CT molecular complexity index is 839. The van der Waals surface area contributed by atoms with Crippen molar-refractivity contribution in [2.75, 3.05) is 11.1 Å². The lowest BCUT2D eigenvalue weighted by atomic mass is 10.2.